The molecule has 0 unspecified atom stereocenters. The van der Waals surface area contributed by atoms with Gasteiger partial charge >= 0.3 is 18.5 Å². The van der Waals surface area contributed by atoms with E-state index in [1.54, 1.807) is 24.3 Å². The molecular formula is C52H55F13. The van der Waals surface area contributed by atoms with Crippen molar-refractivity contribution in [1.29, 1.82) is 0 Å². The molecule has 0 spiro atoms. The van der Waals surface area contributed by atoms with Crippen LogP contribution in [0.15, 0.2) is 121 Å². The van der Waals surface area contributed by atoms with Crippen molar-refractivity contribution in [3.8, 4) is 0 Å². The smallest absolute Gasteiger partial charge is 0.207 e. The van der Waals surface area contributed by atoms with Crippen LogP contribution >= 0.6 is 0 Å². The highest BCUT2D eigenvalue weighted by atomic mass is 19.4. The summed E-state index contributed by atoms with van der Waals surface area (Å²) in [6, 6.07) is 28.6. The molecule has 0 amide bonds. The SMILES string of the molecule is CC(C)c1cc(C(F)(F)F)cc(C(F)(F)F)c1.CC(C)c1cc(F)c2ccccc2c1.CC(C)c1cc(F)cc(F)c1.CC(C)c1cccc(C(F)(F)F)c1.CC(C)c1cccc(F)c1. The minimum absolute atomic E-state index is 0.0205. The summed E-state index contributed by atoms with van der Waals surface area (Å²) < 4.78 is 163. The van der Waals surface area contributed by atoms with Crippen molar-refractivity contribution in [2.75, 3.05) is 0 Å². The Labute approximate surface area is 373 Å². The Morgan fingerprint density at radius 1 is 0.308 bits per heavy atom. The Hall–Kier alpha value is -5.33. The number of hydrogen-bond donors (Lipinski definition) is 0. The number of benzene rings is 6. The van der Waals surface area contributed by atoms with Crippen molar-refractivity contribution in [2.24, 2.45) is 0 Å². The van der Waals surface area contributed by atoms with Gasteiger partial charge in [-0.05, 0) is 117 Å². The number of alkyl halides is 9. The van der Waals surface area contributed by atoms with Gasteiger partial charge < -0.3 is 0 Å². The van der Waals surface area contributed by atoms with Crippen LogP contribution in [0.4, 0.5) is 57.1 Å². The van der Waals surface area contributed by atoms with Gasteiger partial charge in [-0.15, -0.1) is 0 Å². The second kappa shape index (κ2) is 24.3. The monoisotopic (exact) mass is 926 g/mol. The minimum Gasteiger partial charge on any atom is -0.207 e. The first-order valence-corrected chi connectivity index (χ1v) is 20.8. The van der Waals surface area contributed by atoms with Crippen LogP contribution < -0.4 is 0 Å². The fourth-order valence-corrected chi connectivity index (χ4v) is 5.78. The van der Waals surface area contributed by atoms with Gasteiger partial charge in [0.05, 0.1) is 16.7 Å². The summed E-state index contributed by atoms with van der Waals surface area (Å²) in [5.74, 6) is -0.605. The van der Waals surface area contributed by atoms with Crippen molar-refractivity contribution in [2.45, 2.75) is 117 Å². The second-order valence-electron chi connectivity index (χ2n) is 16.7. The van der Waals surface area contributed by atoms with Crippen molar-refractivity contribution in [3.05, 3.63) is 189 Å². The zero-order chi connectivity index (χ0) is 49.6. The summed E-state index contributed by atoms with van der Waals surface area (Å²) in [6.45, 7) is 18.9. The third kappa shape index (κ3) is 19.0. The van der Waals surface area contributed by atoms with Gasteiger partial charge in [0.15, 0.2) is 0 Å². The quantitative estimate of drug-likeness (QED) is 0.151. The summed E-state index contributed by atoms with van der Waals surface area (Å²) in [5.41, 5.74) is 0.441. The first-order chi connectivity index (χ1) is 29.9. The molecule has 0 aliphatic rings. The lowest BCUT2D eigenvalue weighted by molar-refractivity contribution is -0.143. The number of fused-ring (bicyclic) bond motifs is 1. The average molecular weight is 927 g/mol. The van der Waals surface area contributed by atoms with E-state index >= 15 is 0 Å². The van der Waals surface area contributed by atoms with Gasteiger partial charge in [-0.3, -0.25) is 0 Å². The second-order valence-corrected chi connectivity index (χ2v) is 16.7. The maximum atomic E-state index is 13.6. The molecule has 0 saturated carbocycles. The molecule has 0 N–H and O–H groups in total. The summed E-state index contributed by atoms with van der Waals surface area (Å²) in [6.07, 6.45) is -13.8. The van der Waals surface area contributed by atoms with Gasteiger partial charge in [-0.2, -0.15) is 39.5 Å². The summed E-state index contributed by atoms with van der Waals surface area (Å²) in [4.78, 5) is 0. The first kappa shape index (κ1) is 55.8. The highest BCUT2D eigenvalue weighted by Gasteiger charge is 2.37. The Bertz CT molecular complexity index is 2330. The van der Waals surface area contributed by atoms with E-state index in [0.29, 0.717) is 22.8 Å². The van der Waals surface area contributed by atoms with Crippen LogP contribution in [0.25, 0.3) is 10.8 Å². The largest absolute Gasteiger partial charge is 0.416 e. The van der Waals surface area contributed by atoms with Crippen molar-refractivity contribution < 1.29 is 57.1 Å². The van der Waals surface area contributed by atoms with Gasteiger partial charge in [0.1, 0.15) is 23.3 Å². The van der Waals surface area contributed by atoms with E-state index in [4.69, 9.17) is 0 Å². The third-order valence-corrected chi connectivity index (χ3v) is 9.72. The van der Waals surface area contributed by atoms with Crippen LogP contribution in [0.2, 0.25) is 0 Å². The normalized spacial score (nSPS) is 11.7. The van der Waals surface area contributed by atoms with E-state index in [9.17, 15) is 57.1 Å². The Kier molecular flexibility index (Phi) is 20.8. The van der Waals surface area contributed by atoms with Crippen molar-refractivity contribution in [3.63, 3.8) is 0 Å². The lowest BCUT2D eigenvalue weighted by atomic mass is 9.97. The summed E-state index contributed by atoms with van der Waals surface area (Å²) in [7, 11) is 0. The molecule has 0 atom stereocenters. The zero-order valence-electron chi connectivity index (χ0n) is 37.8. The van der Waals surface area contributed by atoms with Crippen LogP contribution in [-0.2, 0) is 18.5 Å². The molecule has 65 heavy (non-hydrogen) atoms. The molecule has 354 valence electrons. The molecule has 0 aliphatic heterocycles. The van der Waals surface area contributed by atoms with Crippen LogP contribution in [0.3, 0.4) is 0 Å². The molecule has 0 aromatic heterocycles. The first-order valence-electron chi connectivity index (χ1n) is 20.8. The number of rotatable bonds is 5. The number of hydrogen-bond acceptors (Lipinski definition) is 0. The molecule has 6 aromatic rings. The molecule has 13 heteroatoms. The van der Waals surface area contributed by atoms with Crippen LogP contribution in [0, 0.1) is 23.3 Å². The average Bonchev–Trinajstić information content (AvgIpc) is 3.20. The van der Waals surface area contributed by atoms with E-state index in [0.717, 1.165) is 46.3 Å². The third-order valence-electron chi connectivity index (χ3n) is 9.72. The van der Waals surface area contributed by atoms with Gasteiger partial charge in [0.2, 0.25) is 0 Å². The van der Waals surface area contributed by atoms with E-state index in [-0.39, 0.29) is 35.1 Å². The Morgan fingerprint density at radius 3 is 1.09 bits per heavy atom. The molecule has 0 aliphatic carbocycles. The molecule has 0 nitrogen and oxygen atoms in total. The van der Waals surface area contributed by atoms with E-state index in [2.05, 4.69) is 33.8 Å². The maximum absolute atomic E-state index is 13.6. The molecule has 6 rings (SSSR count). The molecule has 0 bridgehead atoms. The lowest BCUT2D eigenvalue weighted by Crippen LogP contribution is -2.12. The van der Waals surface area contributed by atoms with Crippen LogP contribution in [0.5, 0.6) is 0 Å². The molecule has 6 aromatic carbocycles. The molecule has 0 fully saturated rings. The lowest BCUT2D eigenvalue weighted by Gasteiger charge is -2.15. The predicted octanol–water partition coefficient (Wildman–Crippen LogP) is 18.8. The Morgan fingerprint density at radius 2 is 0.677 bits per heavy atom. The minimum atomic E-state index is -4.77. The Balaban J connectivity index is 0.000000282. The highest BCUT2D eigenvalue weighted by molar-refractivity contribution is 5.83. The van der Waals surface area contributed by atoms with Crippen molar-refractivity contribution >= 4 is 10.8 Å². The molecule has 0 saturated heterocycles. The number of halogens is 13. The van der Waals surface area contributed by atoms with E-state index < -0.39 is 52.8 Å². The summed E-state index contributed by atoms with van der Waals surface area (Å²) >= 11 is 0. The van der Waals surface area contributed by atoms with Gasteiger partial charge in [0, 0.05) is 11.5 Å². The predicted molar refractivity (Wildman–Crippen MR) is 235 cm³/mol. The fraction of sp³-hybridized carbons (Fsp3) is 0.346. The zero-order valence-corrected chi connectivity index (χ0v) is 37.8. The highest BCUT2D eigenvalue weighted by Crippen LogP contribution is 2.38. The molecule has 0 radical (unpaired) electrons. The van der Waals surface area contributed by atoms with Crippen LogP contribution in [0.1, 0.15) is 143 Å². The fourth-order valence-electron chi connectivity index (χ4n) is 5.78. The van der Waals surface area contributed by atoms with Crippen LogP contribution in [-0.4, -0.2) is 0 Å². The van der Waals surface area contributed by atoms with E-state index in [1.807, 2.05) is 58.0 Å². The van der Waals surface area contributed by atoms with Crippen molar-refractivity contribution in [1.82, 2.24) is 0 Å². The van der Waals surface area contributed by atoms with Gasteiger partial charge in [0.25, 0.3) is 0 Å². The standard InChI is InChI=1S/C13H13F.C11H10F6.C10H11F3.C9H10F2.C9H11F/c1-9(2)11-7-10-5-3-4-6-12(10)13(14)8-11;1-6(2)7-3-8(10(12,13)14)5-9(4-7)11(15,16)17;1-7(2)8-4-3-5-9(6-8)10(11,12)13;1-6(2)7-3-8(10)5-9(11)4-7;1-7(2)8-4-3-5-9(10)6-8/h3-9H,1-2H3;3-6H,1-2H3;3-7H,1-2H3;3-6H,1-2H3;3-7H,1-2H3. The van der Waals surface area contributed by atoms with Gasteiger partial charge in [-0.25, -0.2) is 17.6 Å². The summed E-state index contributed by atoms with van der Waals surface area (Å²) in [5, 5.41) is 1.69. The van der Waals surface area contributed by atoms with E-state index in [1.165, 1.54) is 44.2 Å². The molecular weight excluding hydrogens is 872 g/mol. The maximum Gasteiger partial charge on any atom is 0.416 e. The topological polar surface area (TPSA) is 0 Å². The molecule has 0 heterocycles. The van der Waals surface area contributed by atoms with Gasteiger partial charge in [-0.1, -0.05) is 130 Å².